The lowest BCUT2D eigenvalue weighted by Crippen LogP contribution is -2.41. The van der Waals surface area contributed by atoms with E-state index < -0.39 is 17.8 Å². The highest BCUT2D eigenvalue weighted by Crippen LogP contribution is 2.34. The molecule has 0 bridgehead atoms. The fourth-order valence-electron chi connectivity index (χ4n) is 1.58. The van der Waals surface area contributed by atoms with E-state index in [-0.39, 0.29) is 22.7 Å². The topological polar surface area (TPSA) is 41.1 Å². The summed E-state index contributed by atoms with van der Waals surface area (Å²) in [5.41, 5.74) is -0.734. The largest absolute Gasteiger partial charge is 0.416 e. The second kappa shape index (κ2) is 7.02. The van der Waals surface area contributed by atoms with Crippen LogP contribution in [0, 0.1) is 0 Å². The molecule has 2 atom stereocenters. The highest BCUT2D eigenvalue weighted by atomic mass is 35.5. The maximum atomic E-state index is 12.7. The van der Waals surface area contributed by atoms with Crippen LogP contribution in [-0.4, -0.2) is 18.0 Å². The van der Waals surface area contributed by atoms with E-state index in [4.69, 9.17) is 11.6 Å². The molecule has 0 aliphatic heterocycles. The first-order chi connectivity index (χ1) is 9.65. The van der Waals surface area contributed by atoms with Crippen molar-refractivity contribution in [3.05, 3.63) is 28.8 Å². The van der Waals surface area contributed by atoms with Crippen LogP contribution in [0.1, 0.15) is 32.8 Å². The molecule has 0 aliphatic rings. The van der Waals surface area contributed by atoms with Gasteiger partial charge in [-0.05, 0) is 38.5 Å². The minimum atomic E-state index is -4.46. The van der Waals surface area contributed by atoms with Crippen LogP contribution in [0.2, 0.25) is 5.02 Å². The highest BCUT2D eigenvalue weighted by molar-refractivity contribution is 6.33. The van der Waals surface area contributed by atoms with Gasteiger partial charge in [0, 0.05) is 6.04 Å². The first-order valence-corrected chi connectivity index (χ1v) is 6.96. The molecule has 118 valence electrons. The zero-order valence-electron chi connectivity index (χ0n) is 12.0. The van der Waals surface area contributed by atoms with Crippen molar-refractivity contribution in [2.24, 2.45) is 0 Å². The normalized spacial score (nSPS) is 14.4. The van der Waals surface area contributed by atoms with Gasteiger partial charge in [-0.15, -0.1) is 0 Å². The van der Waals surface area contributed by atoms with E-state index in [9.17, 15) is 18.0 Å². The molecular formula is C14H18ClF3N2O. The fourth-order valence-corrected chi connectivity index (χ4v) is 1.75. The first-order valence-electron chi connectivity index (χ1n) is 6.58. The number of carbonyl (C=O) groups excluding carboxylic acids is 1. The van der Waals surface area contributed by atoms with Crippen molar-refractivity contribution in [1.82, 2.24) is 5.32 Å². The third kappa shape index (κ3) is 5.12. The van der Waals surface area contributed by atoms with Crippen molar-refractivity contribution < 1.29 is 18.0 Å². The van der Waals surface area contributed by atoms with E-state index >= 15 is 0 Å². The number of nitrogens with one attached hydrogen (secondary N) is 2. The smallest absolute Gasteiger partial charge is 0.373 e. The number of rotatable bonds is 5. The minimum absolute atomic E-state index is 0.00117. The molecular weight excluding hydrogens is 305 g/mol. The van der Waals surface area contributed by atoms with Gasteiger partial charge in [0.25, 0.3) is 0 Å². The van der Waals surface area contributed by atoms with Gasteiger partial charge in [0.15, 0.2) is 0 Å². The maximum Gasteiger partial charge on any atom is 0.416 e. The van der Waals surface area contributed by atoms with Crippen molar-refractivity contribution in [2.75, 3.05) is 5.32 Å². The molecule has 21 heavy (non-hydrogen) atoms. The van der Waals surface area contributed by atoms with E-state index in [2.05, 4.69) is 10.6 Å². The second-order valence-electron chi connectivity index (χ2n) is 4.88. The summed E-state index contributed by atoms with van der Waals surface area (Å²) < 4.78 is 38.0. The van der Waals surface area contributed by atoms with Gasteiger partial charge in [0.2, 0.25) is 5.91 Å². The standard InChI is InChI=1S/C14H18ClF3N2O/c1-4-8(2)19-13(21)9(3)20-12-7-10(14(16,17)18)5-6-11(12)15/h5-9,20H,4H2,1-3H3,(H,19,21). The van der Waals surface area contributed by atoms with Crippen LogP contribution >= 0.6 is 11.6 Å². The summed E-state index contributed by atoms with van der Waals surface area (Å²) in [5, 5.41) is 5.59. The van der Waals surface area contributed by atoms with Crippen molar-refractivity contribution in [2.45, 2.75) is 45.5 Å². The molecule has 1 amide bonds. The fraction of sp³-hybridized carbons (Fsp3) is 0.500. The Morgan fingerprint density at radius 3 is 2.48 bits per heavy atom. The van der Waals surface area contributed by atoms with Gasteiger partial charge in [0.1, 0.15) is 6.04 Å². The van der Waals surface area contributed by atoms with E-state index in [1.54, 1.807) is 6.92 Å². The summed E-state index contributed by atoms with van der Waals surface area (Å²) in [6, 6.07) is 2.26. The zero-order valence-corrected chi connectivity index (χ0v) is 12.8. The van der Waals surface area contributed by atoms with Gasteiger partial charge in [-0.25, -0.2) is 0 Å². The lowest BCUT2D eigenvalue weighted by atomic mass is 10.1. The molecule has 1 rings (SSSR count). The summed E-state index contributed by atoms with van der Waals surface area (Å²) in [6.07, 6.45) is -3.69. The van der Waals surface area contributed by atoms with Gasteiger partial charge in [-0.1, -0.05) is 18.5 Å². The van der Waals surface area contributed by atoms with E-state index in [1.807, 2.05) is 13.8 Å². The van der Waals surface area contributed by atoms with Crippen LogP contribution in [0.4, 0.5) is 18.9 Å². The van der Waals surface area contributed by atoms with Crippen LogP contribution in [0.5, 0.6) is 0 Å². The molecule has 2 N–H and O–H groups in total. The Labute approximate surface area is 126 Å². The van der Waals surface area contributed by atoms with Crippen molar-refractivity contribution in [1.29, 1.82) is 0 Å². The monoisotopic (exact) mass is 322 g/mol. The van der Waals surface area contributed by atoms with Crippen molar-refractivity contribution in [3.63, 3.8) is 0 Å². The Balaban J connectivity index is 2.84. The van der Waals surface area contributed by atoms with E-state index in [0.717, 1.165) is 24.6 Å². The molecule has 0 saturated heterocycles. The molecule has 0 fully saturated rings. The average molecular weight is 323 g/mol. The predicted molar refractivity (Wildman–Crippen MR) is 77.4 cm³/mol. The van der Waals surface area contributed by atoms with Gasteiger partial charge in [-0.3, -0.25) is 4.79 Å². The SMILES string of the molecule is CCC(C)NC(=O)C(C)Nc1cc(C(F)(F)F)ccc1Cl. The lowest BCUT2D eigenvalue weighted by Gasteiger charge is -2.19. The van der Waals surface area contributed by atoms with E-state index in [1.165, 1.54) is 0 Å². The van der Waals surface area contributed by atoms with Crippen LogP contribution in [0.25, 0.3) is 0 Å². The number of alkyl halides is 3. The summed E-state index contributed by atoms with van der Waals surface area (Å²) in [6.45, 7) is 5.34. The van der Waals surface area contributed by atoms with Gasteiger partial charge < -0.3 is 10.6 Å². The molecule has 0 radical (unpaired) electrons. The summed E-state index contributed by atoms with van der Waals surface area (Å²) in [7, 11) is 0. The van der Waals surface area contributed by atoms with Crippen LogP contribution in [-0.2, 0) is 11.0 Å². The molecule has 1 aromatic carbocycles. The molecule has 0 aromatic heterocycles. The number of hydrogen-bond donors (Lipinski definition) is 2. The Bertz CT molecular complexity index is 505. The summed E-state index contributed by atoms with van der Waals surface area (Å²) in [5.74, 6) is -0.294. The molecule has 0 saturated carbocycles. The lowest BCUT2D eigenvalue weighted by molar-refractivity contribution is -0.137. The van der Waals surface area contributed by atoms with Crippen LogP contribution < -0.4 is 10.6 Å². The number of benzene rings is 1. The Morgan fingerprint density at radius 1 is 1.33 bits per heavy atom. The van der Waals surface area contributed by atoms with Crippen molar-refractivity contribution in [3.8, 4) is 0 Å². The molecule has 2 unspecified atom stereocenters. The minimum Gasteiger partial charge on any atom is -0.373 e. The number of hydrogen-bond acceptors (Lipinski definition) is 2. The van der Waals surface area contributed by atoms with Crippen LogP contribution in [0.3, 0.4) is 0 Å². The Morgan fingerprint density at radius 2 is 1.95 bits per heavy atom. The molecule has 7 heteroatoms. The van der Waals surface area contributed by atoms with Crippen LogP contribution in [0.15, 0.2) is 18.2 Å². The third-order valence-electron chi connectivity index (χ3n) is 3.06. The highest BCUT2D eigenvalue weighted by Gasteiger charge is 2.31. The predicted octanol–water partition coefficient (Wildman–Crippen LogP) is 4.07. The number of halogens is 4. The van der Waals surface area contributed by atoms with E-state index in [0.29, 0.717) is 0 Å². The molecule has 1 aromatic rings. The number of amides is 1. The van der Waals surface area contributed by atoms with Crippen molar-refractivity contribution >= 4 is 23.2 Å². The third-order valence-corrected chi connectivity index (χ3v) is 3.39. The maximum absolute atomic E-state index is 12.7. The van der Waals surface area contributed by atoms with Gasteiger partial charge in [-0.2, -0.15) is 13.2 Å². The Kier molecular flexibility index (Phi) is 5.89. The summed E-state index contributed by atoms with van der Waals surface area (Å²) in [4.78, 5) is 11.9. The molecule has 0 spiro atoms. The van der Waals surface area contributed by atoms with Gasteiger partial charge >= 0.3 is 6.18 Å². The first kappa shape index (κ1) is 17.6. The quantitative estimate of drug-likeness (QED) is 0.858. The summed E-state index contributed by atoms with van der Waals surface area (Å²) >= 11 is 5.87. The average Bonchev–Trinajstić information content (AvgIpc) is 2.39. The number of anilines is 1. The molecule has 0 heterocycles. The Hall–Kier alpha value is -1.43. The second-order valence-corrected chi connectivity index (χ2v) is 5.28. The molecule has 3 nitrogen and oxygen atoms in total. The van der Waals surface area contributed by atoms with Gasteiger partial charge in [0.05, 0.1) is 16.3 Å². The number of carbonyl (C=O) groups is 1. The molecule has 0 aliphatic carbocycles. The zero-order chi connectivity index (χ0) is 16.2.